The zero-order chi connectivity index (χ0) is 14.9. The maximum absolute atomic E-state index is 6.30. The SMILES string of the molecule is COc1cc(C)c(Br)cc1C(Br)c1cc(Br)ccc1Cl. The molecule has 0 amide bonds. The van der Waals surface area contributed by atoms with Crippen LogP contribution in [0.2, 0.25) is 5.02 Å². The Balaban J connectivity index is 2.55. The molecule has 20 heavy (non-hydrogen) atoms. The number of aryl methyl sites for hydroxylation is 1. The molecule has 0 spiro atoms. The Labute approximate surface area is 149 Å². The van der Waals surface area contributed by atoms with Gasteiger partial charge in [0.2, 0.25) is 0 Å². The first kappa shape index (κ1) is 16.3. The molecular formula is C15H12Br3ClO. The lowest BCUT2D eigenvalue weighted by Crippen LogP contribution is -1.99. The molecule has 1 nitrogen and oxygen atoms in total. The third-order valence-electron chi connectivity index (χ3n) is 3.02. The first-order valence-corrected chi connectivity index (χ1v) is 8.75. The normalized spacial score (nSPS) is 12.3. The molecule has 1 atom stereocenters. The van der Waals surface area contributed by atoms with E-state index in [0.29, 0.717) is 5.02 Å². The molecule has 2 rings (SSSR count). The number of ether oxygens (including phenoxy) is 1. The maximum atomic E-state index is 6.30. The molecule has 0 saturated heterocycles. The molecule has 0 aliphatic heterocycles. The highest BCUT2D eigenvalue weighted by Gasteiger charge is 2.19. The lowest BCUT2D eigenvalue weighted by Gasteiger charge is -2.17. The van der Waals surface area contributed by atoms with E-state index in [0.717, 1.165) is 31.4 Å². The molecule has 0 aliphatic carbocycles. The average molecular weight is 483 g/mol. The van der Waals surface area contributed by atoms with Gasteiger partial charge in [0.15, 0.2) is 0 Å². The van der Waals surface area contributed by atoms with Crippen LogP contribution in [-0.2, 0) is 0 Å². The van der Waals surface area contributed by atoms with E-state index in [-0.39, 0.29) is 4.83 Å². The van der Waals surface area contributed by atoms with Crippen LogP contribution in [0.15, 0.2) is 39.3 Å². The van der Waals surface area contributed by atoms with Gasteiger partial charge in [-0.1, -0.05) is 59.4 Å². The van der Waals surface area contributed by atoms with Crippen LogP contribution < -0.4 is 4.74 Å². The summed E-state index contributed by atoms with van der Waals surface area (Å²) in [4.78, 5) is -0.0423. The third-order valence-corrected chi connectivity index (χ3v) is 5.69. The first-order valence-electron chi connectivity index (χ1n) is 5.87. The molecule has 2 aromatic rings. The molecule has 5 heteroatoms. The van der Waals surface area contributed by atoms with E-state index < -0.39 is 0 Å². The van der Waals surface area contributed by atoms with Crippen molar-refractivity contribution in [1.29, 1.82) is 0 Å². The molecule has 1 unspecified atom stereocenters. The van der Waals surface area contributed by atoms with Crippen LogP contribution in [0, 0.1) is 6.92 Å². The van der Waals surface area contributed by atoms with Crippen LogP contribution in [0.5, 0.6) is 5.75 Å². The minimum absolute atomic E-state index is 0.0423. The van der Waals surface area contributed by atoms with Gasteiger partial charge >= 0.3 is 0 Å². The third kappa shape index (κ3) is 3.41. The molecule has 0 fully saturated rings. The van der Waals surface area contributed by atoms with E-state index in [1.165, 1.54) is 0 Å². The molecule has 2 aromatic carbocycles. The molecule has 0 radical (unpaired) electrons. The van der Waals surface area contributed by atoms with E-state index in [9.17, 15) is 0 Å². The lowest BCUT2D eigenvalue weighted by molar-refractivity contribution is 0.410. The number of rotatable bonds is 3. The Morgan fingerprint density at radius 2 is 1.80 bits per heavy atom. The fourth-order valence-corrected chi connectivity index (χ4v) is 3.76. The van der Waals surface area contributed by atoms with Gasteiger partial charge in [0.1, 0.15) is 5.75 Å². The summed E-state index contributed by atoms with van der Waals surface area (Å²) in [5.74, 6) is 0.837. The minimum Gasteiger partial charge on any atom is -0.496 e. The van der Waals surface area contributed by atoms with Gasteiger partial charge in [-0.15, -0.1) is 0 Å². The molecule has 106 valence electrons. The van der Waals surface area contributed by atoms with E-state index in [1.54, 1.807) is 7.11 Å². The largest absolute Gasteiger partial charge is 0.496 e. The van der Waals surface area contributed by atoms with Gasteiger partial charge < -0.3 is 4.74 Å². The summed E-state index contributed by atoms with van der Waals surface area (Å²) in [7, 11) is 1.68. The van der Waals surface area contributed by atoms with Gasteiger partial charge in [0.25, 0.3) is 0 Å². The first-order chi connectivity index (χ1) is 9.43. The van der Waals surface area contributed by atoms with Gasteiger partial charge in [-0.05, 0) is 48.4 Å². The summed E-state index contributed by atoms with van der Waals surface area (Å²) >= 11 is 17.1. The zero-order valence-electron chi connectivity index (χ0n) is 10.9. The second-order valence-corrected chi connectivity index (χ2v) is 7.46. The van der Waals surface area contributed by atoms with Crippen molar-refractivity contribution < 1.29 is 4.74 Å². The van der Waals surface area contributed by atoms with Crippen molar-refractivity contribution >= 4 is 59.4 Å². The van der Waals surface area contributed by atoms with Crippen molar-refractivity contribution in [3.63, 3.8) is 0 Å². The Morgan fingerprint density at radius 3 is 2.45 bits per heavy atom. The van der Waals surface area contributed by atoms with Gasteiger partial charge in [0, 0.05) is 19.5 Å². The van der Waals surface area contributed by atoms with Crippen molar-refractivity contribution in [3.05, 3.63) is 61.0 Å². The molecular weight excluding hydrogens is 471 g/mol. The van der Waals surface area contributed by atoms with Crippen molar-refractivity contribution in [2.75, 3.05) is 7.11 Å². The lowest BCUT2D eigenvalue weighted by atomic mass is 10.0. The second kappa shape index (κ2) is 6.82. The van der Waals surface area contributed by atoms with E-state index in [4.69, 9.17) is 16.3 Å². The monoisotopic (exact) mass is 480 g/mol. The fraction of sp³-hybridized carbons (Fsp3) is 0.200. The van der Waals surface area contributed by atoms with Crippen LogP contribution in [0.4, 0.5) is 0 Å². The average Bonchev–Trinajstić information content (AvgIpc) is 2.43. The zero-order valence-corrected chi connectivity index (χ0v) is 16.4. The standard InChI is InChI=1S/C15H12Br3ClO/c1-8-5-14(20-2)11(7-12(8)17)15(18)10-6-9(16)3-4-13(10)19/h3-7,15H,1-2H3. The fourth-order valence-electron chi connectivity index (χ4n) is 1.92. The van der Waals surface area contributed by atoms with Crippen LogP contribution in [0.1, 0.15) is 21.5 Å². The Morgan fingerprint density at radius 1 is 1.10 bits per heavy atom. The molecule has 0 aromatic heterocycles. The predicted octanol–water partition coefficient (Wildman–Crippen LogP) is 6.67. The Kier molecular flexibility index (Phi) is 5.57. The van der Waals surface area contributed by atoms with Gasteiger partial charge in [0.05, 0.1) is 11.9 Å². The smallest absolute Gasteiger partial charge is 0.123 e. The van der Waals surface area contributed by atoms with E-state index in [1.807, 2.05) is 31.2 Å². The van der Waals surface area contributed by atoms with E-state index in [2.05, 4.69) is 53.9 Å². The van der Waals surface area contributed by atoms with Crippen LogP contribution >= 0.6 is 59.4 Å². The van der Waals surface area contributed by atoms with Gasteiger partial charge in [-0.2, -0.15) is 0 Å². The van der Waals surface area contributed by atoms with Crippen LogP contribution in [0.25, 0.3) is 0 Å². The minimum atomic E-state index is -0.0423. The summed E-state index contributed by atoms with van der Waals surface area (Å²) in [5.41, 5.74) is 3.16. The van der Waals surface area contributed by atoms with E-state index >= 15 is 0 Å². The topological polar surface area (TPSA) is 9.23 Å². The summed E-state index contributed by atoms with van der Waals surface area (Å²) in [6, 6.07) is 9.89. The van der Waals surface area contributed by atoms with Crippen molar-refractivity contribution in [3.8, 4) is 5.75 Å². The quantitative estimate of drug-likeness (QED) is 0.444. The number of methoxy groups -OCH3 is 1. The number of alkyl halides is 1. The Hall–Kier alpha value is -0.0300. The number of benzene rings is 2. The summed E-state index contributed by atoms with van der Waals surface area (Å²) < 4.78 is 7.53. The molecule has 0 saturated carbocycles. The molecule has 0 aliphatic rings. The molecule has 0 bridgehead atoms. The molecule has 0 heterocycles. The summed E-state index contributed by atoms with van der Waals surface area (Å²) in [6.45, 7) is 2.03. The summed E-state index contributed by atoms with van der Waals surface area (Å²) in [6.07, 6.45) is 0. The highest BCUT2D eigenvalue weighted by atomic mass is 79.9. The second-order valence-electron chi connectivity index (χ2n) is 4.37. The summed E-state index contributed by atoms with van der Waals surface area (Å²) in [5, 5.41) is 0.717. The number of hydrogen-bond acceptors (Lipinski definition) is 1. The van der Waals surface area contributed by atoms with Crippen molar-refractivity contribution in [2.24, 2.45) is 0 Å². The van der Waals surface area contributed by atoms with Crippen LogP contribution in [-0.4, -0.2) is 7.11 Å². The van der Waals surface area contributed by atoms with Crippen LogP contribution in [0.3, 0.4) is 0 Å². The highest BCUT2D eigenvalue weighted by Crippen LogP contribution is 2.42. The maximum Gasteiger partial charge on any atom is 0.123 e. The number of hydrogen-bond donors (Lipinski definition) is 0. The predicted molar refractivity (Wildman–Crippen MR) is 95.4 cm³/mol. The number of halogens is 4. The molecule has 0 N–H and O–H groups in total. The van der Waals surface area contributed by atoms with Crippen molar-refractivity contribution in [1.82, 2.24) is 0 Å². The Bertz CT molecular complexity index is 643. The van der Waals surface area contributed by atoms with Gasteiger partial charge in [-0.25, -0.2) is 0 Å². The van der Waals surface area contributed by atoms with Gasteiger partial charge in [-0.3, -0.25) is 0 Å². The highest BCUT2D eigenvalue weighted by molar-refractivity contribution is 9.11. The van der Waals surface area contributed by atoms with Crippen molar-refractivity contribution in [2.45, 2.75) is 11.8 Å².